The van der Waals surface area contributed by atoms with E-state index in [1.165, 1.54) is 0 Å². The number of hydrogen-bond donors (Lipinski definition) is 2. The van der Waals surface area contributed by atoms with E-state index in [1.54, 1.807) is 6.20 Å². The van der Waals surface area contributed by atoms with Crippen LogP contribution in [-0.2, 0) is 6.54 Å². The molecule has 1 aromatic heterocycles. The number of rotatable bonds is 5. The lowest BCUT2D eigenvalue weighted by atomic mass is 10.1. The van der Waals surface area contributed by atoms with Crippen molar-refractivity contribution in [3.63, 3.8) is 0 Å². The monoisotopic (exact) mass is 207 g/mol. The minimum atomic E-state index is 0.169. The Hall–Kier alpha value is -1.00. The van der Waals surface area contributed by atoms with Crippen LogP contribution < -0.4 is 5.32 Å². The van der Waals surface area contributed by atoms with E-state index < -0.39 is 0 Å². The smallest absolute Gasteiger partial charge is 0.125 e. The van der Waals surface area contributed by atoms with Gasteiger partial charge in [-0.05, 0) is 25.8 Å². The maximum atomic E-state index is 9.13. The van der Waals surface area contributed by atoms with Crippen LogP contribution in [0.2, 0.25) is 0 Å². The highest BCUT2D eigenvalue weighted by Crippen LogP contribution is 2.44. The van der Waals surface area contributed by atoms with Gasteiger partial charge < -0.3 is 10.4 Å². The van der Waals surface area contributed by atoms with Gasteiger partial charge in [0, 0.05) is 31.3 Å². The summed E-state index contributed by atoms with van der Waals surface area (Å²) < 4.78 is 0. The van der Waals surface area contributed by atoms with Gasteiger partial charge in [0.25, 0.3) is 0 Å². The highest BCUT2D eigenvalue weighted by Gasteiger charge is 2.41. The van der Waals surface area contributed by atoms with Crippen molar-refractivity contribution in [3.8, 4) is 0 Å². The van der Waals surface area contributed by atoms with Crippen LogP contribution in [0.3, 0.4) is 0 Å². The summed E-state index contributed by atoms with van der Waals surface area (Å²) in [5.41, 5.74) is 1.18. The molecular formula is C11H17N3O. The highest BCUT2D eigenvalue weighted by atomic mass is 16.3. The normalized spacial score (nSPS) is 17.7. The zero-order valence-corrected chi connectivity index (χ0v) is 9.03. The summed E-state index contributed by atoms with van der Waals surface area (Å²) in [6.07, 6.45) is 4.05. The lowest BCUT2D eigenvalue weighted by Crippen LogP contribution is -2.26. The average molecular weight is 207 g/mol. The van der Waals surface area contributed by atoms with Gasteiger partial charge in [-0.3, -0.25) is 0 Å². The fourth-order valence-electron chi connectivity index (χ4n) is 1.63. The Balaban J connectivity index is 1.78. The van der Waals surface area contributed by atoms with Gasteiger partial charge in [0.2, 0.25) is 0 Å². The van der Waals surface area contributed by atoms with Crippen LogP contribution in [0.25, 0.3) is 0 Å². The SMILES string of the molecule is Cc1nccc(CNCC2(CO)CC2)n1. The van der Waals surface area contributed by atoms with Gasteiger partial charge in [-0.15, -0.1) is 0 Å². The van der Waals surface area contributed by atoms with Crippen LogP contribution in [0.4, 0.5) is 0 Å². The topological polar surface area (TPSA) is 58.0 Å². The molecule has 0 aliphatic heterocycles. The second kappa shape index (κ2) is 4.24. The first-order valence-electron chi connectivity index (χ1n) is 5.34. The number of aliphatic hydroxyl groups excluding tert-OH is 1. The fraction of sp³-hybridized carbons (Fsp3) is 0.636. The Labute approximate surface area is 89.8 Å². The van der Waals surface area contributed by atoms with Crippen LogP contribution in [0.5, 0.6) is 0 Å². The van der Waals surface area contributed by atoms with E-state index >= 15 is 0 Å². The van der Waals surface area contributed by atoms with E-state index in [1.807, 2.05) is 13.0 Å². The number of aromatic nitrogens is 2. The van der Waals surface area contributed by atoms with E-state index in [2.05, 4.69) is 15.3 Å². The van der Waals surface area contributed by atoms with Crippen molar-refractivity contribution in [2.45, 2.75) is 26.3 Å². The number of nitrogens with zero attached hydrogens (tertiary/aromatic N) is 2. The molecule has 0 spiro atoms. The summed E-state index contributed by atoms with van der Waals surface area (Å²) >= 11 is 0. The van der Waals surface area contributed by atoms with Gasteiger partial charge in [-0.1, -0.05) is 0 Å². The van der Waals surface area contributed by atoms with Crippen molar-refractivity contribution >= 4 is 0 Å². The zero-order chi connectivity index (χ0) is 10.7. The van der Waals surface area contributed by atoms with E-state index in [-0.39, 0.29) is 5.41 Å². The van der Waals surface area contributed by atoms with E-state index in [9.17, 15) is 0 Å². The fourth-order valence-corrected chi connectivity index (χ4v) is 1.63. The molecule has 2 rings (SSSR count). The molecule has 4 nitrogen and oxygen atoms in total. The summed E-state index contributed by atoms with van der Waals surface area (Å²) in [5.74, 6) is 0.803. The van der Waals surface area contributed by atoms with Gasteiger partial charge in [0.05, 0.1) is 5.69 Å². The molecule has 1 aliphatic rings. The molecule has 2 N–H and O–H groups in total. The third-order valence-corrected chi connectivity index (χ3v) is 2.93. The lowest BCUT2D eigenvalue weighted by Gasteiger charge is -2.12. The minimum Gasteiger partial charge on any atom is -0.396 e. The molecule has 0 saturated heterocycles. The maximum absolute atomic E-state index is 9.13. The molecule has 0 bridgehead atoms. The van der Waals surface area contributed by atoms with E-state index in [0.717, 1.165) is 37.4 Å². The summed E-state index contributed by atoms with van der Waals surface area (Å²) in [4.78, 5) is 8.35. The van der Waals surface area contributed by atoms with Crippen LogP contribution in [0.15, 0.2) is 12.3 Å². The first kappa shape index (κ1) is 10.5. The second-order valence-corrected chi connectivity index (χ2v) is 4.36. The van der Waals surface area contributed by atoms with Gasteiger partial charge in [0.1, 0.15) is 5.82 Å². The number of hydrogen-bond acceptors (Lipinski definition) is 4. The average Bonchev–Trinajstić information content (AvgIpc) is 2.99. The summed E-state index contributed by atoms with van der Waals surface area (Å²) in [5, 5.41) is 12.5. The molecule has 15 heavy (non-hydrogen) atoms. The Kier molecular flexibility index (Phi) is 2.98. The van der Waals surface area contributed by atoms with Crippen LogP contribution in [-0.4, -0.2) is 28.2 Å². The molecule has 82 valence electrons. The molecule has 1 fully saturated rings. The third-order valence-electron chi connectivity index (χ3n) is 2.93. The van der Waals surface area contributed by atoms with E-state index in [0.29, 0.717) is 6.61 Å². The molecular weight excluding hydrogens is 190 g/mol. The van der Waals surface area contributed by atoms with Gasteiger partial charge in [-0.2, -0.15) is 0 Å². The van der Waals surface area contributed by atoms with Crippen LogP contribution in [0.1, 0.15) is 24.4 Å². The Bertz CT molecular complexity index is 336. The molecule has 1 saturated carbocycles. The van der Waals surface area contributed by atoms with Crippen molar-refractivity contribution in [3.05, 3.63) is 23.8 Å². The first-order chi connectivity index (χ1) is 7.24. The summed E-state index contributed by atoms with van der Waals surface area (Å²) in [7, 11) is 0. The number of nitrogens with one attached hydrogen (secondary N) is 1. The highest BCUT2D eigenvalue weighted by molar-refractivity contribution is 5.02. The molecule has 1 aliphatic carbocycles. The molecule has 0 radical (unpaired) electrons. The largest absolute Gasteiger partial charge is 0.396 e. The molecule has 0 amide bonds. The van der Waals surface area contributed by atoms with Crippen molar-refractivity contribution in [2.24, 2.45) is 5.41 Å². The van der Waals surface area contributed by atoms with Gasteiger partial charge in [0.15, 0.2) is 0 Å². The molecule has 0 unspecified atom stereocenters. The van der Waals surface area contributed by atoms with Crippen molar-refractivity contribution in [1.29, 1.82) is 0 Å². The van der Waals surface area contributed by atoms with Gasteiger partial charge >= 0.3 is 0 Å². The molecule has 4 heteroatoms. The Morgan fingerprint density at radius 2 is 2.33 bits per heavy atom. The first-order valence-corrected chi connectivity index (χ1v) is 5.34. The van der Waals surface area contributed by atoms with E-state index in [4.69, 9.17) is 5.11 Å². The molecule has 0 aromatic carbocycles. The van der Waals surface area contributed by atoms with Crippen molar-refractivity contribution in [2.75, 3.05) is 13.2 Å². The third kappa shape index (κ3) is 2.73. The zero-order valence-electron chi connectivity index (χ0n) is 9.03. The predicted octanol–water partition coefficient (Wildman–Crippen LogP) is 0.647. The van der Waals surface area contributed by atoms with Crippen LogP contribution >= 0.6 is 0 Å². The predicted molar refractivity (Wildman–Crippen MR) is 57.2 cm³/mol. The Morgan fingerprint density at radius 1 is 1.53 bits per heavy atom. The minimum absolute atomic E-state index is 0.169. The summed E-state index contributed by atoms with van der Waals surface area (Å²) in [6, 6.07) is 1.92. The number of aliphatic hydroxyl groups is 1. The Morgan fingerprint density at radius 3 is 2.93 bits per heavy atom. The molecule has 1 aromatic rings. The summed E-state index contributed by atoms with van der Waals surface area (Å²) in [6.45, 7) is 3.82. The van der Waals surface area contributed by atoms with Crippen LogP contribution in [0, 0.1) is 12.3 Å². The maximum Gasteiger partial charge on any atom is 0.125 e. The second-order valence-electron chi connectivity index (χ2n) is 4.36. The quantitative estimate of drug-likeness (QED) is 0.744. The molecule has 0 atom stereocenters. The molecule has 1 heterocycles. The standard InChI is InChI=1S/C11H17N3O/c1-9-13-5-2-10(14-9)6-12-7-11(8-15)3-4-11/h2,5,12,15H,3-4,6-8H2,1H3. The van der Waals surface area contributed by atoms with Crippen molar-refractivity contribution < 1.29 is 5.11 Å². The lowest BCUT2D eigenvalue weighted by molar-refractivity contribution is 0.207. The number of aryl methyl sites for hydroxylation is 1. The van der Waals surface area contributed by atoms with Crippen molar-refractivity contribution in [1.82, 2.24) is 15.3 Å². The van der Waals surface area contributed by atoms with Gasteiger partial charge in [-0.25, -0.2) is 9.97 Å².